The number of nitrogens with zero attached hydrogens (tertiary/aromatic N) is 2. The smallest absolute Gasteiger partial charge is 0.337 e. The average Bonchev–Trinajstić information content (AvgIpc) is 2.94. The van der Waals surface area contributed by atoms with E-state index >= 15 is 0 Å². The molecular weight excluding hydrogens is 407 g/mol. The van der Waals surface area contributed by atoms with Gasteiger partial charge in [-0.15, -0.1) is 11.6 Å². The fraction of sp³-hybridized carbons (Fsp3) is 0.400. The van der Waals surface area contributed by atoms with E-state index in [1.807, 2.05) is 6.08 Å². The summed E-state index contributed by atoms with van der Waals surface area (Å²) < 4.78 is 37.9. The van der Waals surface area contributed by atoms with E-state index < -0.39 is 17.8 Å². The molecule has 1 saturated heterocycles. The topological polar surface area (TPSA) is 52.7 Å². The summed E-state index contributed by atoms with van der Waals surface area (Å²) >= 11 is 5.99. The van der Waals surface area contributed by atoms with Gasteiger partial charge in [0.05, 0.1) is 10.9 Å². The van der Waals surface area contributed by atoms with Gasteiger partial charge in [-0.2, -0.15) is 13.2 Å². The van der Waals surface area contributed by atoms with Crippen molar-refractivity contribution in [3.05, 3.63) is 53.6 Å². The Labute approximate surface area is 171 Å². The SMILES string of the molecule is O=C(Nc1ccc(C(F)(F)F)cc1)N1CCCN(C(=O)C2=CCC(Cl)C=C2)CC1. The number of anilines is 1. The molecule has 1 unspecified atom stereocenters. The molecule has 0 aromatic heterocycles. The number of hydrogen-bond donors (Lipinski definition) is 1. The van der Waals surface area contributed by atoms with Crippen LogP contribution in [0.2, 0.25) is 0 Å². The van der Waals surface area contributed by atoms with Crippen molar-refractivity contribution in [3.63, 3.8) is 0 Å². The van der Waals surface area contributed by atoms with E-state index in [9.17, 15) is 22.8 Å². The molecule has 0 spiro atoms. The molecule has 3 amide bonds. The molecule has 1 atom stereocenters. The van der Waals surface area contributed by atoms with E-state index in [-0.39, 0.29) is 17.0 Å². The number of carbonyl (C=O) groups is 2. The molecule has 1 aromatic rings. The Morgan fingerprint density at radius 3 is 2.31 bits per heavy atom. The van der Waals surface area contributed by atoms with Crippen molar-refractivity contribution >= 4 is 29.2 Å². The fourth-order valence-electron chi connectivity index (χ4n) is 3.20. The third-order valence-corrected chi connectivity index (χ3v) is 5.15. The lowest BCUT2D eigenvalue weighted by Crippen LogP contribution is -2.39. The van der Waals surface area contributed by atoms with Crippen LogP contribution in [0, 0.1) is 0 Å². The van der Waals surface area contributed by atoms with E-state index in [0.717, 1.165) is 12.1 Å². The first kappa shape index (κ1) is 21.2. The lowest BCUT2D eigenvalue weighted by molar-refractivity contribution is -0.137. The lowest BCUT2D eigenvalue weighted by atomic mass is 10.1. The number of carbonyl (C=O) groups excluding carboxylic acids is 2. The number of urea groups is 1. The zero-order valence-corrected chi connectivity index (χ0v) is 16.3. The molecular formula is C20H21ClF3N3O2. The van der Waals surface area contributed by atoms with Gasteiger partial charge in [-0.1, -0.05) is 18.2 Å². The van der Waals surface area contributed by atoms with Crippen molar-refractivity contribution in [3.8, 4) is 0 Å². The Hall–Kier alpha value is -2.48. The van der Waals surface area contributed by atoms with E-state index in [0.29, 0.717) is 44.6 Å². The Morgan fingerprint density at radius 1 is 1.03 bits per heavy atom. The first-order chi connectivity index (χ1) is 13.7. The summed E-state index contributed by atoms with van der Waals surface area (Å²) in [5, 5.41) is 2.51. The second-order valence-corrected chi connectivity index (χ2v) is 7.47. The molecule has 1 aliphatic carbocycles. The number of benzene rings is 1. The Balaban J connectivity index is 1.55. The van der Waals surface area contributed by atoms with E-state index in [1.54, 1.807) is 22.0 Å². The number of amides is 3. The predicted molar refractivity (Wildman–Crippen MR) is 105 cm³/mol. The van der Waals surface area contributed by atoms with Crippen LogP contribution < -0.4 is 5.32 Å². The van der Waals surface area contributed by atoms with Gasteiger partial charge >= 0.3 is 12.2 Å². The average molecular weight is 428 g/mol. The van der Waals surface area contributed by atoms with Gasteiger partial charge in [0.15, 0.2) is 0 Å². The Bertz CT molecular complexity index is 821. The molecule has 156 valence electrons. The number of nitrogens with one attached hydrogen (secondary N) is 1. The summed E-state index contributed by atoms with van der Waals surface area (Å²) in [6.45, 7) is 1.70. The number of halogens is 4. The molecule has 1 aliphatic heterocycles. The molecule has 1 aromatic carbocycles. The van der Waals surface area contributed by atoms with Gasteiger partial charge in [0, 0.05) is 37.4 Å². The van der Waals surface area contributed by atoms with E-state index in [4.69, 9.17) is 11.6 Å². The van der Waals surface area contributed by atoms with Crippen LogP contribution in [-0.2, 0) is 11.0 Å². The minimum atomic E-state index is -4.42. The Morgan fingerprint density at radius 2 is 1.69 bits per heavy atom. The molecule has 1 heterocycles. The summed E-state index contributed by atoms with van der Waals surface area (Å²) in [7, 11) is 0. The molecule has 1 fully saturated rings. The molecule has 1 N–H and O–H groups in total. The maximum atomic E-state index is 12.6. The standard InChI is InChI=1S/C20H21ClF3N3O2/c21-16-6-2-14(3-7-16)18(28)26-10-1-11-27(13-12-26)19(29)25-17-8-4-15(5-9-17)20(22,23)24/h2-6,8-9,16H,1,7,10-13H2,(H,25,29). The van der Waals surface area contributed by atoms with Crippen molar-refractivity contribution in [1.82, 2.24) is 9.80 Å². The van der Waals surface area contributed by atoms with Crippen molar-refractivity contribution in [2.75, 3.05) is 31.5 Å². The third kappa shape index (κ3) is 5.53. The first-order valence-corrected chi connectivity index (χ1v) is 9.72. The maximum absolute atomic E-state index is 12.6. The Kier molecular flexibility index (Phi) is 6.52. The monoisotopic (exact) mass is 427 g/mol. The normalized spacial score (nSPS) is 20.1. The van der Waals surface area contributed by atoms with Crippen molar-refractivity contribution in [1.29, 1.82) is 0 Å². The van der Waals surface area contributed by atoms with Crippen LogP contribution in [0.15, 0.2) is 48.1 Å². The number of allylic oxidation sites excluding steroid dienone is 2. The first-order valence-electron chi connectivity index (χ1n) is 9.29. The molecule has 9 heteroatoms. The minimum absolute atomic E-state index is 0.0881. The summed E-state index contributed by atoms with van der Waals surface area (Å²) in [5.74, 6) is -0.0881. The van der Waals surface area contributed by atoms with Gasteiger partial charge in [-0.3, -0.25) is 4.79 Å². The zero-order chi connectivity index (χ0) is 21.0. The quantitative estimate of drug-likeness (QED) is 0.717. The number of rotatable bonds is 2. The lowest BCUT2D eigenvalue weighted by Gasteiger charge is -2.23. The van der Waals surface area contributed by atoms with Gasteiger partial charge in [-0.05, 0) is 37.1 Å². The maximum Gasteiger partial charge on any atom is 0.416 e. The van der Waals surface area contributed by atoms with Gasteiger partial charge in [-0.25, -0.2) is 4.79 Å². The molecule has 0 bridgehead atoms. The predicted octanol–water partition coefficient (Wildman–Crippen LogP) is 4.27. The molecule has 0 saturated carbocycles. The summed E-state index contributed by atoms with van der Waals surface area (Å²) in [5.41, 5.74) is 0.115. The van der Waals surface area contributed by atoms with Gasteiger partial charge in [0.2, 0.25) is 0 Å². The largest absolute Gasteiger partial charge is 0.416 e. The minimum Gasteiger partial charge on any atom is -0.337 e. The zero-order valence-electron chi connectivity index (χ0n) is 15.6. The highest BCUT2D eigenvalue weighted by Gasteiger charge is 2.30. The second kappa shape index (κ2) is 8.90. The third-order valence-electron chi connectivity index (χ3n) is 4.83. The summed E-state index contributed by atoms with van der Waals surface area (Å²) in [6, 6.07) is 3.89. The van der Waals surface area contributed by atoms with Crippen LogP contribution in [0.3, 0.4) is 0 Å². The van der Waals surface area contributed by atoms with Crippen LogP contribution in [0.25, 0.3) is 0 Å². The van der Waals surface area contributed by atoms with E-state index in [2.05, 4.69) is 5.32 Å². The number of alkyl halides is 4. The van der Waals surface area contributed by atoms with Crippen LogP contribution >= 0.6 is 11.6 Å². The van der Waals surface area contributed by atoms with Crippen LogP contribution in [0.4, 0.5) is 23.7 Å². The molecule has 5 nitrogen and oxygen atoms in total. The van der Waals surface area contributed by atoms with Crippen LogP contribution in [0.5, 0.6) is 0 Å². The molecule has 3 rings (SSSR count). The molecule has 29 heavy (non-hydrogen) atoms. The van der Waals surface area contributed by atoms with Gasteiger partial charge in [0.1, 0.15) is 0 Å². The highest BCUT2D eigenvalue weighted by atomic mass is 35.5. The van der Waals surface area contributed by atoms with E-state index in [1.165, 1.54) is 12.1 Å². The highest BCUT2D eigenvalue weighted by molar-refractivity contribution is 6.22. The highest BCUT2D eigenvalue weighted by Crippen LogP contribution is 2.29. The van der Waals surface area contributed by atoms with Crippen LogP contribution in [-0.4, -0.2) is 53.3 Å². The second-order valence-electron chi connectivity index (χ2n) is 6.91. The fourth-order valence-corrected chi connectivity index (χ4v) is 3.37. The molecule has 0 radical (unpaired) electrons. The van der Waals surface area contributed by atoms with Gasteiger partial charge < -0.3 is 15.1 Å². The summed E-state index contributed by atoms with van der Waals surface area (Å²) in [4.78, 5) is 28.4. The molecule has 2 aliphatic rings. The number of hydrogen-bond acceptors (Lipinski definition) is 2. The van der Waals surface area contributed by atoms with Gasteiger partial charge in [0.25, 0.3) is 5.91 Å². The van der Waals surface area contributed by atoms with Crippen molar-refractivity contribution in [2.45, 2.75) is 24.4 Å². The summed E-state index contributed by atoms with van der Waals surface area (Å²) in [6.07, 6.45) is 2.13. The van der Waals surface area contributed by atoms with Crippen molar-refractivity contribution in [2.24, 2.45) is 0 Å². The van der Waals surface area contributed by atoms with Crippen molar-refractivity contribution < 1.29 is 22.8 Å². The van der Waals surface area contributed by atoms with Crippen LogP contribution in [0.1, 0.15) is 18.4 Å².